The van der Waals surface area contributed by atoms with Gasteiger partial charge in [0.05, 0.1) is 6.61 Å². The van der Waals surface area contributed by atoms with E-state index >= 15 is 0 Å². The largest absolute Gasteiger partial charge is 0.507 e. The fraction of sp³-hybridized carbons (Fsp3) is 0.732. The third-order valence-electron chi connectivity index (χ3n) is 11.8. The Kier molecular flexibility index (Phi) is 29.0. The molecule has 0 radical (unpaired) electrons. The van der Waals surface area contributed by atoms with E-state index in [1.54, 1.807) is 0 Å². The van der Waals surface area contributed by atoms with Crippen LogP contribution in [-0.4, -0.2) is 57.5 Å². The Morgan fingerprint density at radius 1 is 0.515 bits per heavy atom. The summed E-state index contributed by atoms with van der Waals surface area (Å²) in [6.45, 7) is 26.5. The highest BCUT2D eigenvalue weighted by Gasteiger charge is 2.28. The Bertz CT molecular complexity index is 1540. The third kappa shape index (κ3) is 25.5. The second-order valence-electron chi connectivity index (χ2n) is 22.4. The van der Waals surface area contributed by atoms with Gasteiger partial charge in [-0.1, -0.05) is 212 Å². The van der Waals surface area contributed by atoms with Crippen LogP contribution >= 0.6 is 0 Å². The summed E-state index contributed by atoms with van der Waals surface area (Å²) >= 11 is 0. The Balaban J connectivity index is 0.00000141. The number of esters is 1. The summed E-state index contributed by atoms with van der Waals surface area (Å²) in [6.07, 6.45) is 20.4. The van der Waals surface area contributed by atoms with Crippen molar-refractivity contribution in [2.75, 3.05) is 13.2 Å². The average molecular weight is 927 g/mol. The molecule has 0 aliphatic carbocycles. The molecule has 2 amide bonds. The van der Waals surface area contributed by atoms with E-state index in [2.05, 4.69) is 101 Å². The van der Waals surface area contributed by atoms with Gasteiger partial charge in [0.15, 0.2) is 0 Å². The SMILES string of the molecule is C.CC(C)(C)c1cc(CCC(=O)NNC(=O)CCc2cc(C(C)(C)C)c(O)c(C(C)(C)C)c2)cc(C(C)(C)C)c1O.CCCCCCCCCCCCCCCCCC(=O)OCC(O)CO. The molecule has 0 bridgehead atoms. The number of aryl methyl sites for hydroxylation is 2. The number of hydrazine groups is 1. The molecule has 2 aromatic rings. The van der Waals surface area contributed by atoms with Gasteiger partial charge in [0.25, 0.3) is 0 Å². The van der Waals surface area contributed by atoms with Gasteiger partial charge in [-0.25, -0.2) is 0 Å². The minimum absolute atomic E-state index is 0. The highest BCUT2D eigenvalue weighted by Crippen LogP contribution is 2.41. The lowest BCUT2D eigenvalue weighted by Crippen LogP contribution is -2.41. The number of hydrogen-bond donors (Lipinski definition) is 6. The lowest BCUT2D eigenvalue weighted by atomic mass is 9.78. The molecule has 380 valence electrons. The van der Waals surface area contributed by atoms with E-state index in [0.29, 0.717) is 30.8 Å². The van der Waals surface area contributed by atoms with Crippen molar-refractivity contribution in [2.45, 2.75) is 254 Å². The normalized spacial score (nSPS) is 12.4. The number of aromatic hydroxyl groups is 2. The summed E-state index contributed by atoms with van der Waals surface area (Å²) in [4.78, 5) is 36.5. The fourth-order valence-corrected chi connectivity index (χ4v) is 7.70. The lowest BCUT2D eigenvalue weighted by molar-refractivity contribution is -0.147. The van der Waals surface area contributed by atoms with Gasteiger partial charge in [-0.3, -0.25) is 25.2 Å². The molecule has 0 aromatic heterocycles. The molecule has 10 heteroatoms. The molecule has 66 heavy (non-hydrogen) atoms. The topological polar surface area (TPSA) is 165 Å². The van der Waals surface area contributed by atoms with Crippen LogP contribution in [0.3, 0.4) is 0 Å². The zero-order valence-electron chi connectivity index (χ0n) is 43.4. The van der Waals surface area contributed by atoms with Gasteiger partial charge in [0.1, 0.15) is 24.2 Å². The number of phenolic OH excluding ortho intramolecular Hbond substituents is 2. The second-order valence-corrected chi connectivity index (χ2v) is 22.4. The fourth-order valence-electron chi connectivity index (χ4n) is 7.70. The number of rotatable bonds is 25. The molecule has 0 aliphatic heterocycles. The second kappa shape index (κ2) is 30.7. The molecule has 2 rings (SSSR count). The molecule has 0 saturated heterocycles. The standard InChI is InChI=1S/C34H52N2O4.C21H42O4.CH4/c1-31(2,3)23-17-21(18-24(29(23)39)32(4,5)6)13-15-27(37)35-36-28(38)16-14-22-19-25(33(7,8)9)30(40)26(20-22)34(10,11)12;1-2-3-4-5-6-7-8-9-10-11-12-13-14-15-16-17-21(24)25-19-20(23)18-22;/h17-20,39-40H,13-16H2,1-12H3,(H,35,37)(H,36,38);20,22-23H,2-19H2,1H3;1H4. The van der Waals surface area contributed by atoms with Gasteiger partial charge in [0, 0.05) is 19.3 Å². The number of carbonyl (C=O) groups is 3. The molecule has 10 nitrogen and oxygen atoms in total. The number of benzene rings is 2. The van der Waals surface area contributed by atoms with Crippen molar-refractivity contribution in [1.82, 2.24) is 10.9 Å². The summed E-state index contributed by atoms with van der Waals surface area (Å²) in [7, 11) is 0. The molecular formula is C56H98N2O8. The molecule has 0 fully saturated rings. The van der Waals surface area contributed by atoms with Gasteiger partial charge in [-0.05, 0) is 74.3 Å². The first-order valence-corrected chi connectivity index (χ1v) is 25.0. The van der Waals surface area contributed by atoms with E-state index < -0.39 is 6.10 Å². The van der Waals surface area contributed by atoms with Gasteiger partial charge in [-0.2, -0.15) is 0 Å². The van der Waals surface area contributed by atoms with Crippen LogP contribution in [-0.2, 0) is 53.6 Å². The predicted molar refractivity (Wildman–Crippen MR) is 274 cm³/mol. The number of ether oxygens (including phenoxy) is 1. The van der Waals surface area contributed by atoms with Crippen molar-refractivity contribution in [3.8, 4) is 11.5 Å². The van der Waals surface area contributed by atoms with E-state index in [4.69, 9.17) is 14.9 Å². The lowest BCUT2D eigenvalue weighted by Gasteiger charge is -2.28. The molecule has 2 aromatic carbocycles. The van der Waals surface area contributed by atoms with Crippen molar-refractivity contribution in [2.24, 2.45) is 0 Å². The van der Waals surface area contributed by atoms with Crippen LogP contribution < -0.4 is 10.9 Å². The van der Waals surface area contributed by atoms with Crippen molar-refractivity contribution >= 4 is 17.8 Å². The maximum absolute atomic E-state index is 12.6. The number of aliphatic hydroxyl groups is 2. The molecule has 1 unspecified atom stereocenters. The summed E-state index contributed by atoms with van der Waals surface area (Å²) in [5.41, 5.74) is 9.53. The maximum Gasteiger partial charge on any atom is 0.305 e. The molecular weight excluding hydrogens is 829 g/mol. The number of phenols is 2. The average Bonchev–Trinajstić information content (AvgIpc) is 3.21. The van der Waals surface area contributed by atoms with Crippen LogP contribution in [0.5, 0.6) is 11.5 Å². The van der Waals surface area contributed by atoms with Crippen molar-refractivity contribution in [3.05, 3.63) is 57.6 Å². The van der Waals surface area contributed by atoms with Crippen LogP contribution in [0.15, 0.2) is 24.3 Å². The number of aliphatic hydroxyl groups excluding tert-OH is 2. The quantitative estimate of drug-likeness (QED) is 0.0325. The first-order chi connectivity index (χ1) is 30.2. The van der Waals surface area contributed by atoms with Crippen LogP contribution in [0.2, 0.25) is 0 Å². The number of nitrogens with one attached hydrogen (secondary N) is 2. The van der Waals surface area contributed by atoms with E-state index in [-0.39, 0.29) is 72.9 Å². The summed E-state index contributed by atoms with van der Waals surface area (Å²) < 4.78 is 4.86. The minimum Gasteiger partial charge on any atom is -0.507 e. The highest BCUT2D eigenvalue weighted by molar-refractivity contribution is 5.82. The molecule has 0 saturated carbocycles. The first kappa shape index (κ1) is 62.4. The monoisotopic (exact) mass is 927 g/mol. The number of unbranched alkanes of at least 4 members (excludes halogenated alkanes) is 14. The minimum atomic E-state index is -0.954. The van der Waals surface area contributed by atoms with Crippen molar-refractivity contribution in [3.63, 3.8) is 0 Å². The van der Waals surface area contributed by atoms with E-state index in [9.17, 15) is 24.6 Å². The zero-order valence-corrected chi connectivity index (χ0v) is 43.4. The van der Waals surface area contributed by atoms with Crippen LogP contribution in [0, 0.1) is 0 Å². The molecule has 0 heterocycles. The first-order valence-electron chi connectivity index (χ1n) is 25.0. The summed E-state index contributed by atoms with van der Waals surface area (Å²) in [5.74, 6) is -0.185. The van der Waals surface area contributed by atoms with E-state index in [1.807, 2.05) is 24.3 Å². The van der Waals surface area contributed by atoms with Gasteiger partial charge in [-0.15, -0.1) is 0 Å². The van der Waals surface area contributed by atoms with Crippen LogP contribution in [0.4, 0.5) is 0 Å². The number of hydrogen-bond acceptors (Lipinski definition) is 8. The molecule has 0 aliphatic rings. The van der Waals surface area contributed by atoms with Crippen molar-refractivity contribution in [1.29, 1.82) is 0 Å². The van der Waals surface area contributed by atoms with E-state index in [1.165, 1.54) is 83.5 Å². The maximum atomic E-state index is 12.6. The third-order valence-corrected chi connectivity index (χ3v) is 11.8. The molecule has 6 N–H and O–H groups in total. The smallest absolute Gasteiger partial charge is 0.305 e. The van der Waals surface area contributed by atoms with E-state index in [0.717, 1.165) is 46.2 Å². The summed E-state index contributed by atoms with van der Waals surface area (Å²) in [6, 6.07) is 7.91. The molecule has 1 atom stereocenters. The number of carbonyl (C=O) groups excluding carboxylic acids is 3. The molecule has 0 spiro atoms. The van der Waals surface area contributed by atoms with Crippen LogP contribution in [0.25, 0.3) is 0 Å². The Hall–Kier alpha value is -3.63. The highest BCUT2D eigenvalue weighted by atomic mass is 16.5. The van der Waals surface area contributed by atoms with Gasteiger partial charge >= 0.3 is 5.97 Å². The predicted octanol–water partition coefficient (Wildman–Crippen LogP) is 12.8. The Labute approximate surface area is 402 Å². The summed E-state index contributed by atoms with van der Waals surface area (Å²) in [5, 5.41) is 39.6. The zero-order chi connectivity index (χ0) is 49.4. The van der Waals surface area contributed by atoms with Gasteiger partial charge in [0.2, 0.25) is 11.8 Å². The van der Waals surface area contributed by atoms with Crippen molar-refractivity contribution < 1.29 is 39.5 Å². The Morgan fingerprint density at radius 2 is 0.803 bits per heavy atom. The Morgan fingerprint density at radius 3 is 1.08 bits per heavy atom. The number of amides is 2. The van der Waals surface area contributed by atoms with Gasteiger partial charge < -0.3 is 25.2 Å². The van der Waals surface area contributed by atoms with Crippen LogP contribution in [0.1, 0.15) is 246 Å².